The summed E-state index contributed by atoms with van der Waals surface area (Å²) in [6, 6.07) is 6.90. The Morgan fingerprint density at radius 3 is 2.48 bits per heavy atom. The number of fused-ring (bicyclic) bond motifs is 1. The molecule has 0 spiro atoms. The van der Waals surface area contributed by atoms with Crippen molar-refractivity contribution < 1.29 is 14.4 Å². The standard InChI is InChI=1S/C29H30BrN7O3/c1-15-8-23(29(40)34-28-16(2)6-7-24(30)33-28)36(13-15)25(39)14-37-27-17(3)9-20(21-11-31-19(5)32-12-21)10-22(27)26(35-37)18(4)38/h6-7,9-12,15,23H,8,13-14H2,1-5H3,(H,33,34,40)/t15-,23+/m1/s1. The highest BCUT2D eigenvalue weighted by Gasteiger charge is 2.38. The highest BCUT2D eigenvalue weighted by atomic mass is 79.9. The zero-order valence-electron chi connectivity index (χ0n) is 23.0. The van der Waals surface area contributed by atoms with E-state index in [1.54, 1.807) is 22.0 Å². The highest BCUT2D eigenvalue weighted by molar-refractivity contribution is 9.10. The molecule has 4 heterocycles. The van der Waals surface area contributed by atoms with Gasteiger partial charge in [0, 0.05) is 36.8 Å². The van der Waals surface area contributed by atoms with Gasteiger partial charge in [-0.05, 0) is 83.9 Å². The molecule has 1 N–H and O–H groups in total. The van der Waals surface area contributed by atoms with Gasteiger partial charge in [0.1, 0.15) is 34.5 Å². The number of benzene rings is 1. The van der Waals surface area contributed by atoms with Crippen LogP contribution in [0.2, 0.25) is 0 Å². The van der Waals surface area contributed by atoms with E-state index in [1.807, 2.05) is 52.0 Å². The minimum absolute atomic E-state index is 0.0950. The first-order chi connectivity index (χ1) is 19.0. The van der Waals surface area contributed by atoms with Gasteiger partial charge in [-0.15, -0.1) is 0 Å². The zero-order valence-corrected chi connectivity index (χ0v) is 24.6. The normalized spacial score (nSPS) is 16.9. The molecular weight excluding hydrogens is 574 g/mol. The van der Waals surface area contributed by atoms with E-state index in [2.05, 4.69) is 41.3 Å². The van der Waals surface area contributed by atoms with Crippen molar-refractivity contribution in [3.63, 3.8) is 0 Å². The van der Waals surface area contributed by atoms with Crippen molar-refractivity contribution in [2.45, 2.75) is 53.6 Å². The Hall–Kier alpha value is -3.99. The average molecular weight is 605 g/mol. The molecule has 4 aromatic rings. The molecular formula is C29H30BrN7O3. The number of carbonyl (C=O) groups is 3. The van der Waals surface area contributed by atoms with Gasteiger partial charge >= 0.3 is 0 Å². The summed E-state index contributed by atoms with van der Waals surface area (Å²) >= 11 is 3.34. The summed E-state index contributed by atoms with van der Waals surface area (Å²) in [5.41, 5.74) is 4.37. The van der Waals surface area contributed by atoms with Gasteiger partial charge < -0.3 is 10.2 Å². The molecule has 206 valence electrons. The number of likely N-dealkylation sites (tertiary alicyclic amines) is 1. The predicted molar refractivity (Wildman–Crippen MR) is 155 cm³/mol. The maximum Gasteiger partial charge on any atom is 0.248 e. The molecule has 40 heavy (non-hydrogen) atoms. The van der Waals surface area contributed by atoms with Crippen LogP contribution in [-0.4, -0.2) is 59.8 Å². The Labute approximate surface area is 240 Å². The van der Waals surface area contributed by atoms with E-state index in [4.69, 9.17) is 0 Å². The SMILES string of the molecule is CC(=O)c1nn(CC(=O)N2C[C@H](C)C[C@H]2C(=O)Nc2nc(Br)ccc2C)c2c(C)cc(-c3cnc(C)nc3)cc12. The van der Waals surface area contributed by atoms with Gasteiger partial charge in [0.15, 0.2) is 5.78 Å². The first kappa shape index (κ1) is 27.6. The lowest BCUT2D eigenvalue weighted by atomic mass is 10.0. The molecule has 0 saturated carbocycles. The van der Waals surface area contributed by atoms with Crippen molar-refractivity contribution in [3.8, 4) is 11.1 Å². The molecule has 0 radical (unpaired) electrons. The van der Waals surface area contributed by atoms with Crippen LogP contribution in [0.25, 0.3) is 22.0 Å². The Morgan fingerprint density at radius 1 is 1.05 bits per heavy atom. The Bertz CT molecular complexity index is 1650. The Balaban J connectivity index is 1.45. The zero-order chi connectivity index (χ0) is 28.7. The molecule has 2 atom stereocenters. The molecule has 5 rings (SSSR count). The van der Waals surface area contributed by atoms with Gasteiger partial charge in [-0.2, -0.15) is 5.10 Å². The van der Waals surface area contributed by atoms with Crippen molar-refractivity contribution in [3.05, 3.63) is 63.9 Å². The van der Waals surface area contributed by atoms with E-state index in [0.717, 1.165) is 22.3 Å². The Morgan fingerprint density at radius 2 is 1.77 bits per heavy atom. The molecule has 0 bridgehead atoms. The maximum atomic E-state index is 13.7. The van der Waals surface area contributed by atoms with E-state index >= 15 is 0 Å². The summed E-state index contributed by atoms with van der Waals surface area (Å²) in [6.07, 6.45) is 4.04. The molecule has 1 fully saturated rings. The molecule has 0 unspecified atom stereocenters. The topological polar surface area (TPSA) is 123 Å². The van der Waals surface area contributed by atoms with Crippen molar-refractivity contribution in [1.82, 2.24) is 29.6 Å². The molecule has 1 aromatic carbocycles. The van der Waals surface area contributed by atoms with Crippen LogP contribution in [0, 0.1) is 26.7 Å². The van der Waals surface area contributed by atoms with E-state index in [-0.39, 0.29) is 30.1 Å². The third-order valence-electron chi connectivity index (χ3n) is 7.21. The van der Waals surface area contributed by atoms with Gasteiger partial charge in [0.2, 0.25) is 11.8 Å². The van der Waals surface area contributed by atoms with Gasteiger partial charge in [-0.25, -0.2) is 15.0 Å². The summed E-state index contributed by atoms with van der Waals surface area (Å²) in [5.74, 6) is 0.571. The molecule has 1 aliphatic rings. The number of hydrogen-bond acceptors (Lipinski definition) is 7. The average Bonchev–Trinajstić information content (AvgIpc) is 3.48. The lowest BCUT2D eigenvalue weighted by molar-refractivity contribution is -0.137. The van der Waals surface area contributed by atoms with Crippen LogP contribution in [0.5, 0.6) is 0 Å². The summed E-state index contributed by atoms with van der Waals surface area (Å²) in [4.78, 5) is 54.1. The number of Topliss-reactive ketones (excluding diaryl/α,β-unsaturated/α-hetero) is 1. The number of carbonyl (C=O) groups excluding carboxylic acids is 3. The maximum absolute atomic E-state index is 13.7. The molecule has 1 saturated heterocycles. The monoisotopic (exact) mass is 603 g/mol. The first-order valence-corrected chi connectivity index (χ1v) is 13.9. The number of rotatable bonds is 6. The van der Waals surface area contributed by atoms with E-state index in [0.29, 0.717) is 45.8 Å². The van der Waals surface area contributed by atoms with Gasteiger partial charge in [0.05, 0.1) is 5.52 Å². The quantitative estimate of drug-likeness (QED) is 0.251. The van der Waals surface area contributed by atoms with Crippen LogP contribution in [0.3, 0.4) is 0 Å². The van der Waals surface area contributed by atoms with Gasteiger partial charge in [-0.1, -0.05) is 13.0 Å². The van der Waals surface area contributed by atoms with Crippen LogP contribution in [0.15, 0.2) is 41.3 Å². The number of nitrogens with zero attached hydrogens (tertiary/aromatic N) is 6. The van der Waals surface area contributed by atoms with Gasteiger partial charge in [0.25, 0.3) is 0 Å². The van der Waals surface area contributed by atoms with Crippen LogP contribution >= 0.6 is 15.9 Å². The smallest absolute Gasteiger partial charge is 0.248 e. The van der Waals surface area contributed by atoms with E-state index in [9.17, 15) is 14.4 Å². The number of nitrogens with one attached hydrogen (secondary N) is 1. The fraction of sp³-hybridized carbons (Fsp3) is 0.345. The van der Waals surface area contributed by atoms with Crippen molar-refractivity contribution in [1.29, 1.82) is 0 Å². The second kappa shape index (κ2) is 10.9. The van der Waals surface area contributed by atoms with Crippen molar-refractivity contribution >= 4 is 50.2 Å². The van der Waals surface area contributed by atoms with Gasteiger partial charge in [-0.3, -0.25) is 19.1 Å². The Kier molecular flexibility index (Phi) is 7.50. The molecule has 3 aromatic heterocycles. The molecule has 1 aliphatic heterocycles. The largest absolute Gasteiger partial charge is 0.329 e. The lowest BCUT2D eigenvalue weighted by Crippen LogP contribution is -2.44. The first-order valence-electron chi connectivity index (χ1n) is 13.1. The summed E-state index contributed by atoms with van der Waals surface area (Å²) in [6.45, 7) is 9.46. The predicted octanol–water partition coefficient (Wildman–Crippen LogP) is 4.65. The number of amides is 2. The number of aryl methyl sites for hydroxylation is 3. The number of halogens is 1. The minimum Gasteiger partial charge on any atom is -0.329 e. The van der Waals surface area contributed by atoms with Crippen LogP contribution < -0.4 is 5.32 Å². The summed E-state index contributed by atoms with van der Waals surface area (Å²) < 4.78 is 2.19. The third kappa shape index (κ3) is 5.38. The van der Waals surface area contributed by atoms with E-state index in [1.165, 1.54) is 6.92 Å². The van der Waals surface area contributed by atoms with E-state index < -0.39 is 6.04 Å². The molecule has 2 amide bonds. The second-order valence-electron chi connectivity index (χ2n) is 10.5. The fourth-order valence-electron chi connectivity index (χ4n) is 5.23. The summed E-state index contributed by atoms with van der Waals surface area (Å²) in [7, 11) is 0. The number of anilines is 1. The lowest BCUT2D eigenvalue weighted by Gasteiger charge is -2.24. The number of ketones is 1. The molecule has 0 aliphatic carbocycles. The second-order valence-corrected chi connectivity index (χ2v) is 11.3. The number of hydrogen-bond donors (Lipinski definition) is 1. The highest BCUT2D eigenvalue weighted by Crippen LogP contribution is 2.31. The number of pyridine rings is 1. The van der Waals surface area contributed by atoms with Crippen LogP contribution in [0.1, 0.15) is 47.7 Å². The fourth-order valence-corrected chi connectivity index (χ4v) is 5.54. The minimum atomic E-state index is -0.633. The van der Waals surface area contributed by atoms with Crippen LogP contribution in [0.4, 0.5) is 5.82 Å². The molecule has 11 heteroatoms. The molecule has 10 nitrogen and oxygen atoms in total. The third-order valence-corrected chi connectivity index (χ3v) is 7.65. The van der Waals surface area contributed by atoms with Crippen LogP contribution in [-0.2, 0) is 16.1 Å². The van der Waals surface area contributed by atoms with Crippen molar-refractivity contribution in [2.75, 3.05) is 11.9 Å². The van der Waals surface area contributed by atoms with Crippen molar-refractivity contribution in [2.24, 2.45) is 5.92 Å². The number of aromatic nitrogens is 5. The summed E-state index contributed by atoms with van der Waals surface area (Å²) in [5, 5.41) is 8.12.